The predicted octanol–water partition coefficient (Wildman–Crippen LogP) is 3.03. The zero-order chi connectivity index (χ0) is 17.4. The maximum Gasteiger partial charge on any atom is 0.272 e. The quantitative estimate of drug-likeness (QED) is 0.748. The summed E-state index contributed by atoms with van der Waals surface area (Å²) in [5.41, 5.74) is 2.76. The standard InChI is InChI=1S/C19H26N4O/c1-4-5-13-23(3)19(24)18-15-17(8-12-21-18)22(2)14-9-16-6-10-20-11-7-16/h6-8,10-12,15H,4-5,9,13-14H2,1-3H3. The molecule has 0 saturated heterocycles. The fraction of sp³-hybridized carbons (Fsp3) is 0.421. The number of hydrogen-bond acceptors (Lipinski definition) is 4. The highest BCUT2D eigenvalue weighted by Gasteiger charge is 2.14. The van der Waals surface area contributed by atoms with Gasteiger partial charge in [-0.2, -0.15) is 0 Å². The monoisotopic (exact) mass is 326 g/mol. The van der Waals surface area contributed by atoms with E-state index >= 15 is 0 Å². The Morgan fingerprint density at radius 3 is 2.54 bits per heavy atom. The number of nitrogens with zero attached hydrogens (tertiary/aromatic N) is 4. The lowest BCUT2D eigenvalue weighted by molar-refractivity contribution is 0.0787. The molecule has 128 valence electrons. The molecule has 0 spiro atoms. The maximum atomic E-state index is 12.4. The van der Waals surface area contributed by atoms with Gasteiger partial charge in [0.15, 0.2) is 0 Å². The third-order valence-corrected chi connectivity index (χ3v) is 4.08. The third kappa shape index (κ3) is 5.05. The normalized spacial score (nSPS) is 10.5. The summed E-state index contributed by atoms with van der Waals surface area (Å²) in [6.07, 6.45) is 8.34. The van der Waals surface area contributed by atoms with E-state index in [4.69, 9.17) is 0 Å². The van der Waals surface area contributed by atoms with E-state index in [0.29, 0.717) is 5.69 Å². The zero-order valence-corrected chi connectivity index (χ0v) is 14.8. The molecule has 0 radical (unpaired) electrons. The van der Waals surface area contributed by atoms with Crippen LogP contribution < -0.4 is 4.90 Å². The van der Waals surface area contributed by atoms with Crippen LogP contribution in [-0.2, 0) is 6.42 Å². The Hall–Kier alpha value is -2.43. The smallest absolute Gasteiger partial charge is 0.272 e. The van der Waals surface area contributed by atoms with Gasteiger partial charge in [-0.15, -0.1) is 0 Å². The van der Waals surface area contributed by atoms with E-state index < -0.39 is 0 Å². The summed E-state index contributed by atoms with van der Waals surface area (Å²) in [7, 11) is 3.87. The average molecular weight is 326 g/mol. The van der Waals surface area contributed by atoms with Crippen molar-refractivity contribution in [3.05, 3.63) is 54.1 Å². The fourth-order valence-electron chi connectivity index (χ4n) is 2.44. The number of aromatic nitrogens is 2. The molecule has 2 rings (SSSR count). The van der Waals surface area contributed by atoms with E-state index in [9.17, 15) is 4.79 Å². The van der Waals surface area contributed by atoms with E-state index in [2.05, 4.69) is 21.8 Å². The SMILES string of the molecule is CCCCN(C)C(=O)c1cc(N(C)CCc2ccncc2)ccn1. The molecule has 0 aliphatic heterocycles. The van der Waals surface area contributed by atoms with Crippen LogP contribution in [0, 0.1) is 0 Å². The summed E-state index contributed by atoms with van der Waals surface area (Å²) in [6.45, 7) is 3.75. The van der Waals surface area contributed by atoms with E-state index in [1.165, 1.54) is 5.56 Å². The Bertz CT molecular complexity index is 645. The van der Waals surface area contributed by atoms with E-state index in [0.717, 1.165) is 38.0 Å². The van der Waals surface area contributed by atoms with Crippen LogP contribution in [0.4, 0.5) is 5.69 Å². The Kier molecular flexibility index (Phi) is 6.73. The molecule has 0 aromatic carbocycles. The molecule has 0 N–H and O–H groups in total. The van der Waals surface area contributed by atoms with Crippen molar-refractivity contribution in [2.45, 2.75) is 26.2 Å². The summed E-state index contributed by atoms with van der Waals surface area (Å²) in [5.74, 6) is -0.0205. The van der Waals surface area contributed by atoms with Crippen LogP contribution in [0.2, 0.25) is 0 Å². The number of amides is 1. The minimum Gasteiger partial charge on any atom is -0.374 e. The van der Waals surface area contributed by atoms with Gasteiger partial charge in [-0.1, -0.05) is 13.3 Å². The number of carbonyl (C=O) groups excluding carboxylic acids is 1. The van der Waals surface area contributed by atoms with Crippen molar-refractivity contribution in [2.75, 3.05) is 32.1 Å². The molecule has 0 aliphatic carbocycles. The molecule has 0 saturated carbocycles. The first-order valence-corrected chi connectivity index (χ1v) is 8.43. The second-order valence-corrected chi connectivity index (χ2v) is 6.01. The Morgan fingerprint density at radius 2 is 1.83 bits per heavy atom. The van der Waals surface area contributed by atoms with Crippen LogP contribution in [0.3, 0.4) is 0 Å². The van der Waals surface area contributed by atoms with E-state index in [1.54, 1.807) is 11.1 Å². The number of likely N-dealkylation sites (N-methyl/N-ethyl adjacent to an activating group) is 1. The number of hydrogen-bond donors (Lipinski definition) is 0. The fourth-order valence-corrected chi connectivity index (χ4v) is 2.44. The molecule has 24 heavy (non-hydrogen) atoms. The topological polar surface area (TPSA) is 49.3 Å². The van der Waals surface area contributed by atoms with Crippen molar-refractivity contribution in [3.8, 4) is 0 Å². The molecule has 1 amide bonds. The van der Waals surface area contributed by atoms with Gasteiger partial charge in [0, 0.05) is 51.5 Å². The third-order valence-electron chi connectivity index (χ3n) is 4.08. The summed E-state index contributed by atoms with van der Waals surface area (Å²) < 4.78 is 0. The van der Waals surface area contributed by atoms with E-state index in [1.807, 2.05) is 50.8 Å². The molecular weight excluding hydrogens is 300 g/mol. The lowest BCUT2D eigenvalue weighted by Crippen LogP contribution is -2.29. The molecule has 0 bridgehead atoms. The molecule has 2 aromatic rings. The van der Waals surface area contributed by atoms with Gasteiger partial charge >= 0.3 is 0 Å². The minimum absolute atomic E-state index is 0.0205. The van der Waals surface area contributed by atoms with E-state index in [-0.39, 0.29) is 5.91 Å². The van der Waals surface area contributed by atoms with Gasteiger partial charge in [0.2, 0.25) is 0 Å². The van der Waals surface area contributed by atoms with Crippen molar-refractivity contribution in [2.24, 2.45) is 0 Å². The number of pyridine rings is 2. The van der Waals surface area contributed by atoms with Gasteiger partial charge in [-0.05, 0) is 42.7 Å². The van der Waals surface area contributed by atoms with Gasteiger partial charge in [-0.3, -0.25) is 14.8 Å². The Labute approximate surface area is 144 Å². The molecule has 0 atom stereocenters. The lowest BCUT2D eigenvalue weighted by atomic mass is 10.2. The highest BCUT2D eigenvalue weighted by Crippen LogP contribution is 2.15. The van der Waals surface area contributed by atoms with Gasteiger partial charge in [0.1, 0.15) is 5.69 Å². The minimum atomic E-state index is -0.0205. The largest absolute Gasteiger partial charge is 0.374 e. The van der Waals surface area contributed by atoms with Crippen LogP contribution in [0.1, 0.15) is 35.8 Å². The van der Waals surface area contributed by atoms with Gasteiger partial charge in [0.25, 0.3) is 5.91 Å². The number of anilines is 1. The van der Waals surface area contributed by atoms with Crippen molar-refractivity contribution in [1.29, 1.82) is 0 Å². The van der Waals surface area contributed by atoms with Gasteiger partial charge in [0.05, 0.1) is 0 Å². The molecule has 0 fully saturated rings. The second-order valence-electron chi connectivity index (χ2n) is 6.01. The second kappa shape index (κ2) is 9.01. The first-order chi connectivity index (χ1) is 11.6. The molecule has 2 aromatic heterocycles. The van der Waals surface area contributed by atoms with Crippen LogP contribution in [0.15, 0.2) is 42.9 Å². The maximum absolute atomic E-state index is 12.4. The number of carbonyl (C=O) groups is 1. The van der Waals surface area contributed by atoms with Gasteiger partial charge < -0.3 is 9.80 Å². The first-order valence-electron chi connectivity index (χ1n) is 8.43. The summed E-state index contributed by atoms with van der Waals surface area (Å²) >= 11 is 0. The molecular formula is C19H26N4O. The lowest BCUT2D eigenvalue weighted by Gasteiger charge is -2.21. The predicted molar refractivity (Wildman–Crippen MR) is 97.3 cm³/mol. The molecule has 0 unspecified atom stereocenters. The highest BCUT2D eigenvalue weighted by atomic mass is 16.2. The molecule has 2 heterocycles. The summed E-state index contributed by atoms with van der Waals surface area (Å²) in [4.78, 5) is 24.6. The highest BCUT2D eigenvalue weighted by molar-refractivity contribution is 5.93. The van der Waals surface area contributed by atoms with Crippen molar-refractivity contribution in [1.82, 2.24) is 14.9 Å². The molecule has 5 heteroatoms. The zero-order valence-electron chi connectivity index (χ0n) is 14.8. The summed E-state index contributed by atoms with van der Waals surface area (Å²) in [5, 5.41) is 0. The van der Waals surface area contributed by atoms with Crippen LogP contribution in [-0.4, -0.2) is 48.0 Å². The number of unbranched alkanes of at least 4 members (excludes halogenated alkanes) is 1. The van der Waals surface area contributed by atoms with Gasteiger partial charge in [-0.25, -0.2) is 0 Å². The summed E-state index contributed by atoms with van der Waals surface area (Å²) in [6, 6.07) is 7.86. The Balaban J connectivity index is 1.99. The molecule has 5 nitrogen and oxygen atoms in total. The number of rotatable bonds is 8. The van der Waals surface area contributed by atoms with Crippen LogP contribution >= 0.6 is 0 Å². The Morgan fingerprint density at radius 1 is 1.08 bits per heavy atom. The van der Waals surface area contributed by atoms with Crippen LogP contribution in [0.25, 0.3) is 0 Å². The first kappa shape index (κ1) is 17.9. The van der Waals surface area contributed by atoms with Crippen LogP contribution in [0.5, 0.6) is 0 Å². The van der Waals surface area contributed by atoms with Crippen molar-refractivity contribution >= 4 is 11.6 Å². The molecule has 0 aliphatic rings. The van der Waals surface area contributed by atoms with Crippen molar-refractivity contribution < 1.29 is 4.79 Å². The van der Waals surface area contributed by atoms with Crippen molar-refractivity contribution in [3.63, 3.8) is 0 Å². The average Bonchev–Trinajstić information content (AvgIpc) is 2.64.